The number of halogens is 1. The SMILES string of the molecule is COc1cccnc1NC(=O)Nc1ccc(CC(=O)NC(CC(C)C)C2=NN(CCCC(=O)O)CC2)cc1F. The number of nitrogens with one attached hydrogen (secondary N) is 3. The smallest absolute Gasteiger partial charge is 0.325 e. The monoisotopic (exact) mass is 542 g/mol. The Balaban J connectivity index is 1.57. The third-order valence-electron chi connectivity index (χ3n) is 6.02. The van der Waals surface area contributed by atoms with Gasteiger partial charge < -0.3 is 20.5 Å². The first-order chi connectivity index (χ1) is 18.6. The standard InChI is InChI=1S/C27H35FN6O5/c1-17(2)14-22(21-10-13-34(33-21)12-5-7-25(36)37)30-24(35)16-18-8-9-20(19(28)15-18)31-27(38)32-26-23(39-3)6-4-11-29-26/h4,6,8-9,11,15,17,22H,5,7,10,12-14,16H2,1-3H3,(H,30,35)(H,36,37)(H2,29,31,32,38). The molecule has 0 spiro atoms. The molecule has 1 unspecified atom stereocenters. The van der Waals surface area contributed by atoms with Gasteiger partial charge in [0.25, 0.3) is 0 Å². The van der Waals surface area contributed by atoms with Gasteiger partial charge in [-0.05, 0) is 48.6 Å². The minimum Gasteiger partial charge on any atom is -0.493 e. The van der Waals surface area contributed by atoms with E-state index in [0.29, 0.717) is 49.6 Å². The molecule has 0 saturated heterocycles. The number of aromatic nitrogens is 1. The zero-order valence-electron chi connectivity index (χ0n) is 22.4. The number of carbonyl (C=O) groups excluding carboxylic acids is 2. The lowest BCUT2D eigenvalue weighted by Gasteiger charge is -2.21. The fourth-order valence-electron chi connectivity index (χ4n) is 4.20. The van der Waals surface area contributed by atoms with Gasteiger partial charge in [0.05, 0.1) is 31.0 Å². The molecule has 1 aromatic heterocycles. The first-order valence-electron chi connectivity index (χ1n) is 12.8. The van der Waals surface area contributed by atoms with Gasteiger partial charge in [-0.1, -0.05) is 19.9 Å². The Morgan fingerprint density at radius 3 is 2.69 bits per heavy atom. The predicted molar refractivity (Wildman–Crippen MR) is 145 cm³/mol. The molecular weight excluding hydrogens is 507 g/mol. The van der Waals surface area contributed by atoms with Gasteiger partial charge in [-0.2, -0.15) is 5.10 Å². The van der Waals surface area contributed by atoms with Crippen molar-refractivity contribution in [1.29, 1.82) is 0 Å². The van der Waals surface area contributed by atoms with E-state index in [1.807, 2.05) is 5.01 Å². The van der Waals surface area contributed by atoms with Crippen LogP contribution in [0.2, 0.25) is 0 Å². The molecule has 0 aliphatic carbocycles. The van der Waals surface area contributed by atoms with E-state index in [2.05, 4.69) is 39.9 Å². The molecule has 12 heteroatoms. The van der Waals surface area contributed by atoms with Crippen LogP contribution in [0.3, 0.4) is 0 Å². The van der Waals surface area contributed by atoms with Crippen molar-refractivity contribution in [1.82, 2.24) is 15.3 Å². The number of benzene rings is 1. The molecule has 1 aliphatic rings. The van der Waals surface area contributed by atoms with E-state index >= 15 is 0 Å². The van der Waals surface area contributed by atoms with Crippen molar-refractivity contribution in [3.8, 4) is 5.75 Å². The van der Waals surface area contributed by atoms with Crippen molar-refractivity contribution >= 4 is 35.1 Å². The molecule has 0 fully saturated rings. The molecule has 3 rings (SSSR count). The summed E-state index contributed by atoms with van der Waals surface area (Å²) in [6, 6.07) is 6.52. The Hall–Kier alpha value is -4.22. The van der Waals surface area contributed by atoms with E-state index in [-0.39, 0.29) is 36.3 Å². The average molecular weight is 543 g/mol. The number of hydrogen-bond donors (Lipinski definition) is 4. The second-order valence-corrected chi connectivity index (χ2v) is 9.67. The van der Waals surface area contributed by atoms with Crippen LogP contribution in [0.25, 0.3) is 0 Å². The number of carbonyl (C=O) groups is 3. The molecule has 3 amide bonds. The zero-order valence-corrected chi connectivity index (χ0v) is 22.4. The summed E-state index contributed by atoms with van der Waals surface area (Å²) in [6.45, 7) is 5.34. The molecule has 0 saturated carbocycles. The van der Waals surface area contributed by atoms with Gasteiger partial charge in [0.15, 0.2) is 11.6 Å². The molecule has 2 aromatic rings. The summed E-state index contributed by atoms with van der Waals surface area (Å²) in [5.41, 5.74) is 1.26. The van der Waals surface area contributed by atoms with Gasteiger partial charge in [-0.25, -0.2) is 14.2 Å². The Morgan fingerprint density at radius 2 is 2.00 bits per heavy atom. The van der Waals surface area contributed by atoms with Crippen LogP contribution in [0.4, 0.5) is 20.7 Å². The number of anilines is 2. The lowest BCUT2D eigenvalue weighted by Crippen LogP contribution is -2.42. The van der Waals surface area contributed by atoms with Crippen molar-refractivity contribution in [2.75, 3.05) is 30.8 Å². The average Bonchev–Trinajstić information content (AvgIpc) is 3.34. The first-order valence-corrected chi connectivity index (χ1v) is 12.8. The maximum absolute atomic E-state index is 14.7. The van der Waals surface area contributed by atoms with Crippen LogP contribution in [0.5, 0.6) is 5.75 Å². The molecule has 0 bridgehead atoms. The molecule has 11 nitrogen and oxygen atoms in total. The van der Waals surface area contributed by atoms with Gasteiger partial charge in [0, 0.05) is 32.1 Å². The fraction of sp³-hybridized carbons (Fsp3) is 0.444. The van der Waals surface area contributed by atoms with E-state index in [1.54, 1.807) is 18.2 Å². The van der Waals surface area contributed by atoms with E-state index < -0.39 is 17.8 Å². The number of ether oxygens (including phenoxy) is 1. The molecule has 1 aliphatic heterocycles. The summed E-state index contributed by atoms with van der Waals surface area (Å²) in [4.78, 5) is 40.0. The van der Waals surface area contributed by atoms with Crippen LogP contribution in [-0.2, 0) is 16.0 Å². The number of carboxylic acids is 1. The van der Waals surface area contributed by atoms with Gasteiger partial charge in [-0.3, -0.25) is 19.9 Å². The molecule has 210 valence electrons. The highest BCUT2D eigenvalue weighted by molar-refractivity contribution is 6.00. The van der Waals surface area contributed by atoms with Gasteiger partial charge in [-0.15, -0.1) is 0 Å². The molecule has 0 radical (unpaired) electrons. The van der Waals surface area contributed by atoms with Gasteiger partial charge >= 0.3 is 12.0 Å². The molecule has 1 atom stereocenters. The minimum absolute atomic E-state index is 0.0429. The lowest BCUT2D eigenvalue weighted by atomic mass is 9.98. The maximum Gasteiger partial charge on any atom is 0.325 e. The third kappa shape index (κ3) is 9.24. The van der Waals surface area contributed by atoms with E-state index in [0.717, 1.165) is 5.71 Å². The highest BCUT2D eigenvalue weighted by Gasteiger charge is 2.25. The maximum atomic E-state index is 14.7. The highest BCUT2D eigenvalue weighted by Crippen LogP contribution is 2.22. The second kappa shape index (κ2) is 14.1. The largest absolute Gasteiger partial charge is 0.493 e. The quantitative estimate of drug-likeness (QED) is 0.301. The van der Waals surface area contributed by atoms with Crippen molar-refractivity contribution < 1.29 is 28.6 Å². The molecular formula is C27H35FN6O5. The van der Waals surface area contributed by atoms with Crippen molar-refractivity contribution in [2.24, 2.45) is 11.0 Å². The number of carboxylic acid groups (broad SMARTS) is 1. The van der Waals surface area contributed by atoms with Crippen LogP contribution in [0, 0.1) is 11.7 Å². The summed E-state index contributed by atoms with van der Waals surface area (Å²) < 4.78 is 19.9. The normalized spacial score (nSPS) is 13.6. The molecule has 1 aromatic carbocycles. The predicted octanol–water partition coefficient (Wildman–Crippen LogP) is 3.87. The summed E-state index contributed by atoms with van der Waals surface area (Å²) in [7, 11) is 1.45. The highest BCUT2D eigenvalue weighted by atomic mass is 19.1. The minimum atomic E-state index is -0.836. The number of amides is 3. The number of hydrogen-bond acceptors (Lipinski definition) is 7. The van der Waals surface area contributed by atoms with Crippen LogP contribution in [0.1, 0.15) is 45.1 Å². The van der Waals surface area contributed by atoms with Crippen LogP contribution >= 0.6 is 0 Å². The third-order valence-corrected chi connectivity index (χ3v) is 6.02. The van der Waals surface area contributed by atoms with Gasteiger partial charge in [0.1, 0.15) is 5.82 Å². The Kier molecular flexibility index (Phi) is 10.6. The number of rotatable bonds is 13. The van der Waals surface area contributed by atoms with Gasteiger partial charge in [0.2, 0.25) is 5.91 Å². The molecule has 4 N–H and O–H groups in total. The van der Waals surface area contributed by atoms with E-state index in [1.165, 1.54) is 25.4 Å². The lowest BCUT2D eigenvalue weighted by molar-refractivity contribution is -0.137. The van der Waals surface area contributed by atoms with Crippen molar-refractivity contribution in [3.63, 3.8) is 0 Å². The first kappa shape index (κ1) is 29.3. The molecule has 39 heavy (non-hydrogen) atoms. The number of methoxy groups -OCH3 is 1. The van der Waals surface area contributed by atoms with Crippen LogP contribution in [-0.4, -0.2) is 65.0 Å². The van der Waals surface area contributed by atoms with Crippen molar-refractivity contribution in [3.05, 3.63) is 47.9 Å². The summed E-state index contributed by atoms with van der Waals surface area (Å²) in [5.74, 6) is -0.930. The van der Waals surface area contributed by atoms with E-state index in [9.17, 15) is 18.8 Å². The Morgan fingerprint density at radius 1 is 1.21 bits per heavy atom. The molecule has 2 heterocycles. The fourth-order valence-corrected chi connectivity index (χ4v) is 4.20. The van der Waals surface area contributed by atoms with Crippen LogP contribution in [0.15, 0.2) is 41.6 Å². The van der Waals surface area contributed by atoms with Crippen molar-refractivity contribution in [2.45, 2.75) is 52.0 Å². The Labute approximate surface area is 226 Å². The number of nitrogens with zero attached hydrogens (tertiary/aromatic N) is 3. The van der Waals surface area contributed by atoms with Crippen LogP contribution < -0.4 is 20.7 Å². The number of urea groups is 1. The zero-order chi connectivity index (χ0) is 28.4. The number of pyridine rings is 1. The Bertz CT molecular complexity index is 1200. The summed E-state index contributed by atoms with van der Waals surface area (Å²) in [5, 5.41) is 23.3. The second-order valence-electron chi connectivity index (χ2n) is 9.67. The topological polar surface area (TPSA) is 145 Å². The number of hydrazone groups is 1. The summed E-state index contributed by atoms with van der Waals surface area (Å²) in [6.07, 6.45) is 3.42. The summed E-state index contributed by atoms with van der Waals surface area (Å²) >= 11 is 0. The number of aliphatic carboxylic acids is 1. The van der Waals surface area contributed by atoms with E-state index in [4.69, 9.17) is 9.84 Å².